The fraction of sp³-hybridized carbons (Fsp3) is 0.318. The van der Waals surface area contributed by atoms with Crippen LogP contribution in [0.5, 0.6) is 0 Å². The third kappa shape index (κ3) is 3.50. The van der Waals surface area contributed by atoms with Crippen molar-refractivity contribution in [3.63, 3.8) is 0 Å². The van der Waals surface area contributed by atoms with Gasteiger partial charge in [0.1, 0.15) is 5.82 Å². The molecule has 1 atom stereocenters. The average Bonchev–Trinajstić information content (AvgIpc) is 2.98. The van der Waals surface area contributed by atoms with Crippen molar-refractivity contribution in [1.82, 2.24) is 5.32 Å². The van der Waals surface area contributed by atoms with Crippen molar-refractivity contribution in [3.05, 3.63) is 58.9 Å². The first-order valence-corrected chi connectivity index (χ1v) is 10.4. The van der Waals surface area contributed by atoms with Crippen LogP contribution >= 0.6 is 12.2 Å². The van der Waals surface area contributed by atoms with Gasteiger partial charge in [0.2, 0.25) is 0 Å². The van der Waals surface area contributed by atoms with E-state index in [0.29, 0.717) is 12.8 Å². The summed E-state index contributed by atoms with van der Waals surface area (Å²) in [6.45, 7) is 0. The standard InChI is InChI=1S/C22H18F4N4O2S/c1-28-18(31)15-6-5-14(10-17(15)23)30-20(33)29(19(32)21(30)7-2-8-21)13-4-3-12(11-27)16(9-13)22(24,25)26/h3-6,9-10,19,32H,2,7-8H2,1H3,(H,28,31)/t19-/m0/s1. The molecule has 2 aromatic rings. The molecular formula is C22H18F4N4O2S. The number of alkyl halides is 3. The van der Waals surface area contributed by atoms with Gasteiger partial charge in [-0.25, -0.2) is 4.39 Å². The Morgan fingerprint density at radius 3 is 2.42 bits per heavy atom. The lowest BCUT2D eigenvalue weighted by Crippen LogP contribution is -2.57. The summed E-state index contributed by atoms with van der Waals surface area (Å²) in [7, 11) is 1.37. The van der Waals surface area contributed by atoms with Crippen molar-refractivity contribution in [1.29, 1.82) is 5.26 Å². The third-order valence-electron chi connectivity index (χ3n) is 6.18. The molecule has 1 aliphatic heterocycles. The summed E-state index contributed by atoms with van der Waals surface area (Å²) in [5, 5.41) is 22.6. The summed E-state index contributed by atoms with van der Waals surface area (Å²) in [6.07, 6.45) is -4.38. The van der Waals surface area contributed by atoms with Gasteiger partial charge in [-0.2, -0.15) is 18.4 Å². The largest absolute Gasteiger partial charge is 0.417 e. The number of carbonyl (C=O) groups excluding carboxylic acids is 1. The minimum Gasteiger partial charge on any atom is -0.371 e. The molecular weight excluding hydrogens is 460 g/mol. The van der Waals surface area contributed by atoms with Crippen LogP contribution in [0.4, 0.5) is 28.9 Å². The van der Waals surface area contributed by atoms with Crippen LogP contribution in [0.3, 0.4) is 0 Å². The van der Waals surface area contributed by atoms with Crippen LogP contribution < -0.4 is 15.1 Å². The van der Waals surface area contributed by atoms with E-state index in [0.717, 1.165) is 24.6 Å². The molecule has 2 fully saturated rings. The van der Waals surface area contributed by atoms with Crippen molar-refractivity contribution < 1.29 is 27.5 Å². The number of hydrogen-bond donors (Lipinski definition) is 2. The number of halogens is 4. The first-order chi connectivity index (χ1) is 15.5. The van der Waals surface area contributed by atoms with E-state index in [4.69, 9.17) is 17.5 Å². The summed E-state index contributed by atoms with van der Waals surface area (Å²) < 4.78 is 55.1. The lowest BCUT2D eigenvalue weighted by molar-refractivity contribution is -0.137. The van der Waals surface area contributed by atoms with E-state index in [1.54, 1.807) is 4.90 Å². The molecule has 1 saturated carbocycles. The molecule has 1 spiro atoms. The van der Waals surface area contributed by atoms with Gasteiger partial charge in [0.25, 0.3) is 5.91 Å². The molecule has 0 unspecified atom stereocenters. The highest BCUT2D eigenvalue weighted by Gasteiger charge is 2.59. The van der Waals surface area contributed by atoms with E-state index in [-0.39, 0.29) is 22.1 Å². The van der Waals surface area contributed by atoms with Gasteiger partial charge in [-0.3, -0.25) is 9.69 Å². The molecule has 0 aromatic heterocycles. The molecule has 4 rings (SSSR count). The maximum absolute atomic E-state index is 14.7. The number of rotatable bonds is 3. The Morgan fingerprint density at radius 1 is 1.24 bits per heavy atom. The van der Waals surface area contributed by atoms with Crippen LogP contribution in [-0.4, -0.2) is 34.9 Å². The van der Waals surface area contributed by atoms with Crippen LogP contribution in [-0.2, 0) is 6.18 Å². The predicted molar refractivity (Wildman–Crippen MR) is 116 cm³/mol. The number of anilines is 2. The molecule has 0 radical (unpaired) electrons. The lowest BCUT2D eigenvalue weighted by Gasteiger charge is -2.46. The SMILES string of the molecule is CNC(=O)c1ccc(N2C(=S)N(c3ccc(C#N)c(C(F)(F)F)c3)[C@@H](O)C23CCC3)cc1F. The van der Waals surface area contributed by atoms with Crippen LogP contribution in [0.15, 0.2) is 36.4 Å². The van der Waals surface area contributed by atoms with Crippen LogP contribution in [0.25, 0.3) is 0 Å². The number of nitriles is 1. The molecule has 6 nitrogen and oxygen atoms in total. The van der Waals surface area contributed by atoms with Gasteiger partial charge >= 0.3 is 6.18 Å². The smallest absolute Gasteiger partial charge is 0.371 e. The number of nitrogens with one attached hydrogen (secondary N) is 1. The molecule has 172 valence electrons. The van der Waals surface area contributed by atoms with Crippen molar-refractivity contribution in [2.45, 2.75) is 37.2 Å². The fourth-order valence-electron chi connectivity index (χ4n) is 4.37. The number of carbonyl (C=O) groups is 1. The van der Waals surface area contributed by atoms with Gasteiger partial charge in [0, 0.05) is 18.4 Å². The Labute approximate surface area is 192 Å². The van der Waals surface area contributed by atoms with E-state index < -0.39 is 40.8 Å². The summed E-state index contributed by atoms with van der Waals surface area (Å²) in [6, 6.07) is 8.50. The molecule has 2 aliphatic rings. The Bertz CT molecular complexity index is 1190. The molecule has 33 heavy (non-hydrogen) atoms. The maximum Gasteiger partial charge on any atom is 0.417 e. The quantitative estimate of drug-likeness (QED) is 0.514. The Balaban J connectivity index is 1.79. The van der Waals surface area contributed by atoms with E-state index in [9.17, 15) is 27.5 Å². The number of nitrogens with zero attached hydrogens (tertiary/aromatic N) is 3. The molecule has 2 aromatic carbocycles. The van der Waals surface area contributed by atoms with Crippen LogP contribution in [0.2, 0.25) is 0 Å². The van der Waals surface area contributed by atoms with Crippen molar-refractivity contribution in [2.75, 3.05) is 16.8 Å². The van der Waals surface area contributed by atoms with Crippen molar-refractivity contribution in [2.24, 2.45) is 0 Å². The molecule has 2 N–H and O–H groups in total. The zero-order chi connectivity index (χ0) is 24.1. The van der Waals surface area contributed by atoms with Gasteiger partial charge in [-0.1, -0.05) is 0 Å². The van der Waals surface area contributed by atoms with E-state index in [1.807, 2.05) is 0 Å². The molecule has 1 amide bonds. The number of aliphatic hydroxyl groups excluding tert-OH is 1. The van der Waals surface area contributed by atoms with Crippen molar-refractivity contribution >= 4 is 34.6 Å². The number of thiocarbonyl (C=S) groups is 1. The number of aliphatic hydroxyl groups is 1. The zero-order valence-corrected chi connectivity index (χ0v) is 18.1. The van der Waals surface area contributed by atoms with Gasteiger partial charge in [-0.15, -0.1) is 0 Å². The minimum absolute atomic E-state index is 0.00729. The van der Waals surface area contributed by atoms with Crippen molar-refractivity contribution in [3.8, 4) is 6.07 Å². The first-order valence-electron chi connectivity index (χ1n) is 9.99. The predicted octanol–water partition coefficient (Wildman–Crippen LogP) is 3.93. The van der Waals surface area contributed by atoms with Gasteiger partial charge in [0.05, 0.1) is 28.3 Å². The average molecular weight is 478 g/mol. The van der Waals surface area contributed by atoms with Crippen LogP contribution in [0.1, 0.15) is 40.7 Å². The molecule has 11 heteroatoms. The summed E-state index contributed by atoms with van der Waals surface area (Å²) in [5.74, 6) is -1.41. The fourth-order valence-corrected chi connectivity index (χ4v) is 4.87. The second-order valence-electron chi connectivity index (χ2n) is 7.90. The molecule has 1 saturated heterocycles. The number of benzene rings is 2. The minimum atomic E-state index is -4.78. The second kappa shape index (κ2) is 7.97. The van der Waals surface area contributed by atoms with Gasteiger partial charge in [0.15, 0.2) is 11.3 Å². The maximum atomic E-state index is 14.7. The van der Waals surface area contributed by atoms with Crippen LogP contribution in [0, 0.1) is 17.1 Å². The monoisotopic (exact) mass is 478 g/mol. The summed E-state index contributed by atoms with van der Waals surface area (Å²) in [5.41, 5.74) is -2.57. The zero-order valence-electron chi connectivity index (χ0n) is 17.3. The van der Waals surface area contributed by atoms with E-state index in [1.165, 1.54) is 36.2 Å². The highest BCUT2D eigenvalue weighted by molar-refractivity contribution is 7.80. The number of hydrogen-bond acceptors (Lipinski definition) is 4. The third-order valence-corrected chi connectivity index (χ3v) is 6.56. The molecule has 0 bridgehead atoms. The van der Waals surface area contributed by atoms with Gasteiger partial charge in [-0.05, 0) is 67.9 Å². The highest BCUT2D eigenvalue weighted by Crippen LogP contribution is 2.50. The lowest BCUT2D eigenvalue weighted by atomic mass is 9.74. The topological polar surface area (TPSA) is 79.6 Å². The molecule has 1 aliphatic carbocycles. The first kappa shape index (κ1) is 22.9. The number of amides is 1. The Morgan fingerprint density at radius 2 is 1.91 bits per heavy atom. The highest BCUT2D eigenvalue weighted by atomic mass is 32.1. The van der Waals surface area contributed by atoms with E-state index in [2.05, 4.69) is 5.32 Å². The summed E-state index contributed by atoms with van der Waals surface area (Å²) >= 11 is 5.54. The normalized spacial score (nSPS) is 19.4. The van der Waals surface area contributed by atoms with E-state index >= 15 is 0 Å². The molecule has 1 heterocycles. The summed E-state index contributed by atoms with van der Waals surface area (Å²) in [4.78, 5) is 14.6. The second-order valence-corrected chi connectivity index (χ2v) is 8.27. The van der Waals surface area contributed by atoms with Gasteiger partial charge < -0.3 is 15.3 Å². The Kier molecular flexibility index (Phi) is 5.54. The Hall–Kier alpha value is -3.23.